The first-order valence-electron chi connectivity index (χ1n) is 12.3. The zero-order chi connectivity index (χ0) is 26.3. The van der Waals surface area contributed by atoms with Crippen LogP contribution in [-0.2, 0) is 20.2 Å². The molecule has 0 saturated carbocycles. The number of rotatable bonds is 22. The second kappa shape index (κ2) is 30.8. The Morgan fingerprint density at radius 1 is 0.417 bits per heavy atom. The Hall–Kier alpha value is 2.81. The van der Waals surface area contributed by atoms with Crippen LogP contribution in [0.25, 0.3) is 0 Å². The average molecular weight is 621 g/mol. The maximum atomic E-state index is 11.8. The van der Waals surface area contributed by atoms with Gasteiger partial charge in [0.15, 0.2) is 0 Å². The molecule has 0 spiro atoms. The van der Waals surface area contributed by atoms with E-state index in [9.17, 15) is 43.5 Å². The van der Waals surface area contributed by atoms with Gasteiger partial charge in [-0.2, -0.15) is 0 Å². The summed E-state index contributed by atoms with van der Waals surface area (Å²) in [5, 5.41) is 0. The van der Waals surface area contributed by atoms with E-state index in [2.05, 4.69) is 0 Å². The van der Waals surface area contributed by atoms with Crippen LogP contribution in [0.4, 0.5) is 17.6 Å². The monoisotopic (exact) mass is 620 g/mol. The van der Waals surface area contributed by atoms with Crippen LogP contribution in [0, 0.1) is 0 Å². The van der Waals surface area contributed by atoms with Crippen LogP contribution >= 0.6 is 0 Å². The summed E-state index contributed by atoms with van der Waals surface area (Å²) in [6.45, 7) is 0. The van der Waals surface area contributed by atoms with Crippen LogP contribution in [0.5, 0.6) is 0 Å². The van der Waals surface area contributed by atoms with Crippen LogP contribution in [0.15, 0.2) is 0 Å². The third-order valence-corrected chi connectivity index (χ3v) is 6.71. The maximum Gasteiger partial charge on any atom is 1.00 e. The first-order valence-corrected chi connectivity index (χ1v) is 15.4. The smallest absolute Gasteiger partial charge is 0.748 e. The van der Waals surface area contributed by atoms with Crippen molar-refractivity contribution in [3.63, 3.8) is 0 Å². The molecule has 0 fully saturated rings. The van der Waals surface area contributed by atoms with E-state index in [0.717, 1.165) is 77.0 Å². The van der Waals surface area contributed by atoms with Crippen molar-refractivity contribution in [2.75, 3.05) is 11.5 Å². The first kappa shape index (κ1) is 45.8. The Kier molecular flexibility index (Phi) is 39.1. The molecule has 0 atom stereocenters. The van der Waals surface area contributed by atoms with E-state index in [1.54, 1.807) is 0 Å². The minimum atomic E-state index is -4.06. The summed E-state index contributed by atoms with van der Waals surface area (Å²) in [7, 11) is -8.12. The van der Waals surface area contributed by atoms with Crippen molar-refractivity contribution in [3.05, 3.63) is 0 Å². The third kappa shape index (κ3) is 49.7. The molecule has 14 heteroatoms. The Morgan fingerprint density at radius 3 is 0.806 bits per heavy atom. The molecule has 0 aliphatic carbocycles. The number of hydrogen-bond acceptors (Lipinski definition) is 6. The molecule has 0 radical (unpaired) electrons. The molecule has 0 aliphatic heterocycles. The van der Waals surface area contributed by atoms with E-state index in [1.165, 1.54) is 0 Å². The van der Waals surface area contributed by atoms with E-state index >= 15 is 0 Å². The second-order valence-corrected chi connectivity index (χ2v) is 11.6. The van der Waals surface area contributed by atoms with Crippen LogP contribution in [-0.4, -0.2) is 50.3 Å². The van der Waals surface area contributed by atoms with E-state index in [4.69, 9.17) is 0 Å². The number of unbranched alkanes of at least 4 members (excludes halogenated alkanes) is 14. The fraction of sp³-hybridized carbons (Fsp3) is 1.00. The molecule has 0 saturated heterocycles. The zero-order valence-corrected chi connectivity index (χ0v) is 30.0. The molecule has 6 nitrogen and oxygen atoms in total. The van der Waals surface area contributed by atoms with Gasteiger partial charge in [-0.25, -0.2) is 34.4 Å². The second-order valence-electron chi connectivity index (χ2n) is 8.54. The molecule has 0 amide bonds. The SMILES string of the molecule is O=S(=O)([O-])CCCCCCCCCCC(F)F.O=S(=O)([O-])CCCCCCCCCCC(F)F.[K+].[K+]. The van der Waals surface area contributed by atoms with Gasteiger partial charge in [0.25, 0.3) is 0 Å². The fourth-order valence-corrected chi connectivity index (χ4v) is 4.39. The Labute approximate surface area is 301 Å². The summed E-state index contributed by atoms with van der Waals surface area (Å²) in [6, 6.07) is 0. The van der Waals surface area contributed by atoms with Gasteiger partial charge in [-0.1, -0.05) is 77.0 Å². The van der Waals surface area contributed by atoms with Crippen molar-refractivity contribution >= 4 is 20.2 Å². The van der Waals surface area contributed by atoms with Crippen molar-refractivity contribution in [3.8, 4) is 0 Å². The van der Waals surface area contributed by atoms with Crippen molar-refractivity contribution in [1.82, 2.24) is 0 Å². The molecule has 0 heterocycles. The molecule has 0 aromatic carbocycles. The summed E-state index contributed by atoms with van der Waals surface area (Å²) in [4.78, 5) is 0. The zero-order valence-electron chi connectivity index (χ0n) is 22.1. The summed E-state index contributed by atoms with van der Waals surface area (Å²) in [5.41, 5.74) is 0. The average Bonchev–Trinajstić information content (AvgIpc) is 2.69. The van der Waals surface area contributed by atoms with E-state index in [-0.39, 0.29) is 127 Å². The standard InChI is InChI=1S/2C11H22F2O3S.2K/c2*12-11(13)9-7-5-3-1-2-4-6-8-10-17(14,15)16;;/h2*11H,1-10H2,(H,14,15,16);;/q;;2*+1/p-2. The first-order chi connectivity index (χ1) is 15.8. The normalized spacial score (nSPS) is 11.6. The number of alkyl halides is 4. The molecule has 0 aromatic heterocycles. The molecule has 0 aliphatic rings. The minimum Gasteiger partial charge on any atom is -0.748 e. The maximum absolute atomic E-state index is 11.8. The van der Waals surface area contributed by atoms with E-state index in [1.807, 2.05) is 0 Å². The van der Waals surface area contributed by atoms with E-state index in [0.29, 0.717) is 25.7 Å². The van der Waals surface area contributed by atoms with Crippen molar-refractivity contribution in [2.45, 2.75) is 128 Å². The van der Waals surface area contributed by atoms with Gasteiger partial charge in [0.2, 0.25) is 12.9 Å². The molecule has 0 rings (SSSR count). The summed E-state index contributed by atoms with van der Waals surface area (Å²) < 4.78 is 109. The number of halogens is 4. The topological polar surface area (TPSA) is 114 Å². The Morgan fingerprint density at radius 2 is 0.611 bits per heavy atom. The van der Waals surface area contributed by atoms with Crippen molar-refractivity contribution < 1.29 is 146 Å². The van der Waals surface area contributed by atoms with Crippen LogP contribution in [0.3, 0.4) is 0 Å². The van der Waals surface area contributed by atoms with E-state index < -0.39 is 33.1 Å². The van der Waals surface area contributed by atoms with Gasteiger partial charge >= 0.3 is 103 Å². The minimum absolute atomic E-state index is 0. The quantitative estimate of drug-likeness (QED) is 0.0759. The van der Waals surface area contributed by atoms with Gasteiger partial charge in [0.1, 0.15) is 0 Å². The molecular weight excluding hydrogens is 579 g/mol. The largest absolute Gasteiger partial charge is 1.00 e. The molecule has 0 bridgehead atoms. The van der Waals surface area contributed by atoms with Crippen molar-refractivity contribution in [2.24, 2.45) is 0 Å². The molecule has 0 unspecified atom stereocenters. The van der Waals surface area contributed by atoms with Gasteiger partial charge < -0.3 is 9.11 Å². The predicted octanol–water partition coefficient (Wildman–Crippen LogP) is 0.623. The molecule has 208 valence electrons. The van der Waals surface area contributed by atoms with Crippen LogP contribution in [0.2, 0.25) is 0 Å². The number of hydrogen-bond donors (Lipinski definition) is 0. The fourth-order valence-electron chi connectivity index (χ4n) is 3.28. The molecule has 0 N–H and O–H groups in total. The van der Waals surface area contributed by atoms with Gasteiger partial charge in [0.05, 0.1) is 20.2 Å². The van der Waals surface area contributed by atoms with Gasteiger partial charge in [-0.3, -0.25) is 0 Å². The van der Waals surface area contributed by atoms with Crippen LogP contribution in [0.1, 0.15) is 116 Å². The summed E-state index contributed by atoms with van der Waals surface area (Å²) >= 11 is 0. The van der Waals surface area contributed by atoms with Crippen LogP contribution < -0.4 is 103 Å². The Balaban J connectivity index is -0.000000269. The summed E-state index contributed by atoms with van der Waals surface area (Å²) in [6.07, 6.45) is 8.42. The summed E-state index contributed by atoms with van der Waals surface area (Å²) in [5.74, 6) is -0.553. The predicted molar refractivity (Wildman–Crippen MR) is 124 cm³/mol. The Bertz CT molecular complexity index is 599. The van der Waals surface area contributed by atoms with Crippen molar-refractivity contribution in [1.29, 1.82) is 0 Å². The van der Waals surface area contributed by atoms with Gasteiger partial charge in [-0.15, -0.1) is 0 Å². The van der Waals surface area contributed by atoms with Gasteiger partial charge in [0, 0.05) is 24.3 Å². The third-order valence-electron chi connectivity index (χ3n) is 5.13. The molecular formula is C22H42F4K2O6S2. The molecule has 36 heavy (non-hydrogen) atoms. The molecule has 0 aromatic rings. The van der Waals surface area contributed by atoms with Gasteiger partial charge in [-0.05, 0) is 25.7 Å².